The first-order chi connectivity index (χ1) is 10.0. The number of hydrogen-bond donors (Lipinski definition) is 2. The maximum Gasteiger partial charge on any atom is 0.328 e. The molecule has 5 nitrogen and oxygen atoms in total. The van der Waals surface area contributed by atoms with E-state index in [-0.39, 0.29) is 5.91 Å². The molecule has 1 aromatic carbocycles. The van der Waals surface area contributed by atoms with Gasteiger partial charge in [0.05, 0.1) is 0 Å². The highest BCUT2D eigenvalue weighted by Gasteiger charge is 2.06. The lowest BCUT2D eigenvalue weighted by molar-refractivity contribution is -0.131. The van der Waals surface area contributed by atoms with Gasteiger partial charge in [-0.3, -0.25) is 9.78 Å². The van der Waals surface area contributed by atoms with Crippen LogP contribution in [0.15, 0.2) is 48.7 Å². The molecule has 1 aromatic heterocycles. The van der Waals surface area contributed by atoms with Gasteiger partial charge in [-0.25, -0.2) is 4.79 Å². The minimum Gasteiger partial charge on any atom is -0.478 e. The fraction of sp³-hybridized carbons (Fsp3) is 0.0625. The molecular formula is C16H14N2O3. The van der Waals surface area contributed by atoms with E-state index in [1.165, 1.54) is 6.08 Å². The molecule has 0 aliphatic carbocycles. The molecule has 0 bridgehead atoms. The van der Waals surface area contributed by atoms with Gasteiger partial charge in [-0.15, -0.1) is 0 Å². The Morgan fingerprint density at radius 1 is 1.19 bits per heavy atom. The van der Waals surface area contributed by atoms with Gasteiger partial charge in [0.15, 0.2) is 0 Å². The van der Waals surface area contributed by atoms with E-state index in [0.29, 0.717) is 11.3 Å². The number of anilines is 1. The van der Waals surface area contributed by atoms with Crippen molar-refractivity contribution in [2.45, 2.75) is 6.92 Å². The number of amides is 1. The number of hydrogen-bond acceptors (Lipinski definition) is 3. The van der Waals surface area contributed by atoms with E-state index in [4.69, 9.17) is 5.11 Å². The van der Waals surface area contributed by atoms with Crippen LogP contribution in [-0.2, 0) is 4.79 Å². The van der Waals surface area contributed by atoms with Crippen LogP contribution in [0.1, 0.15) is 21.6 Å². The summed E-state index contributed by atoms with van der Waals surface area (Å²) in [5, 5.41) is 11.3. The Morgan fingerprint density at radius 2 is 1.90 bits per heavy atom. The van der Waals surface area contributed by atoms with Crippen molar-refractivity contribution in [3.63, 3.8) is 0 Å². The fourth-order valence-electron chi connectivity index (χ4n) is 1.74. The summed E-state index contributed by atoms with van der Waals surface area (Å²) in [6.45, 7) is 1.82. The van der Waals surface area contributed by atoms with Crippen molar-refractivity contribution in [1.29, 1.82) is 0 Å². The molecule has 2 rings (SSSR count). The van der Waals surface area contributed by atoms with Crippen LogP contribution in [0.4, 0.5) is 5.69 Å². The minimum absolute atomic E-state index is 0.214. The van der Waals surface area contributed by atoms with E-state index in [1.807, 2.05) is 6.92 Å². The van der Waals surface area contributed by atoms with Crippen LogP contribution in [-0.4, -0.2) is 22.0 Å². The van der Waals surface area contributed by atoms with Crippen LogP contribution in [0.2, 0.25) is 0 Å². The van der Waals surface area contributed by atoms with Gasteiger partial charge in [0.1, 0.15) is 0 Å². The first-order valence-corrected chi connectivity index (χ1v) is 6.30. The maximum atomic E-state index is 12.0. The molecule has 0 saturated heterocycles. The summed E-state index contributed by atoms with van der Waals surface area (Å²) < 4.78 is 0. The molecular weight excluding hydrogens is 268 g/mol. The van der Waals surface area contributed by atoms with E-state index in [1.54, 1.807) is 42.6 Å². The summed E-state index contributed by atoms with van der Waals surface area (Å²) in [5.41, 5.74) is 2.70. The van der Waals surface area contributed by atoms with E-state index in [9.17, 15) is 9.59 Å². The van der Waals surface area contributed by atoms with Crippen LogP contribution in [0.5, 0.6) is 0 Å². The lowest BCUT2D eigenvalue weighted by atomic mass is 10.1. The van der Waals surface area contributed by atoms with Crippen LogP contribution < -0.4 is 5.32 Å². The zero-order valence-corrected chi connectivity index (χ0v) is 11.4. The van der Waals surface area contributed by atoms with Crippen molar-refractivity contribution in [2.24, 2.45) is 0 Å². The van der Waals surface area contributed by atoms with Crippen LogP contribution in [0.3, 0.4) is 0 Å². The molecule has 106 valence electrons. The van der Waals surface area contributed by atoms with Gasteiger partial charge < -0.3 is 10.4 Å². The molecule has 0 radical (unpaired) electrons. The standard InChI is InChI=1S/C16H14N2O3/c1-11-10-13(8-9-17-11)16(21)18-14-5-2-12(3-6-14)4-7-15(19)20/h2-10H,1H3,(H,18,21)(H,19,20)/b7-4+. The highest BCUT2D eigenvalue weighted by Crippen LogP contribution is 2.12. The molecule has 1 amide bonds. The van der Waals surface area contributed by atoms with Crippen molar-refractivity contribution >= 4 is 23.6 Å². The van der Waals surface area contributed by atoms with E-state index >= 15 is 0 Å². The smallest absolute Gasteiger partial charge is 0.328 e. The average Bonchev–Trinajstić information content (AvgIpc) is 2.46. The Labute approximate surface area is 122 Å². The summed E-state index contributed by atoms with van der Waals surface area (Å²) in [6.07, 6.45) is 4.14. The van der Waals surface area contributed by atoms with Gasteiger partial charge in [-0.05, 0) is 42.8 Å². The second-order valence-corrected chi connectivity index (χ2v) is 4.43. The zero-order chi connectivity index (χ0) is 15.2. The van der Waals surface area contributed by atoms with Crippen LogP contribution in [0, 0.1) is 6.92 Å². The summed E-state index contributed by atoms with van der Waals surface area (Å²) in [7, 11) is 0. The van der Waals surface area contributed by atoms with Crippen molar-refractivity contribution < 1.29 is 14.7 Å². The molecule has 0 unspecified atom stereocenters. The number of carboxylic acid groups (broad SMARTS) is 1. The molecule has 0 saturated carbocycles. The van der Waals surface area contributed by atoms with Gasteiger partial charge >= 0.3 is 5.97 Å². The number of pyridine rings is 1. The zero-order valence-electron chi connectivity index (χ0n) is 11.4. The largest absolute Gasteiger partial charge is 0.478 e. The first kappa shape index (κ1) is 14.5. The third kappa shape index (κ3) is 4.28. The number of rotatable bonds is 4. The number of aromatic nitrogens is 1. The summed E-state index contributed by atoms with van der Waals surface area (Å²) in [4.78, 5) is 26.5. The summed E-state index contributed by atoms with van der Waals surface area (Å²) in [6, 6.07) is 10.2. The van der Waals surface area contributed by atoms with Crippen molar-refractivity contribution in [2.75, 3.05) is 5.32 Å². The van der Waals surface area contributed by atoms with Crippen LogP contribution >= 0.6 is 0 Å². The molecule has 0 atom stereocenters. The third-order valence-electron chi connectivity index (χ3n) is 2.75. The van der Waals surface area contributed by atoms with Gasteiger partial charge in [0.25, 0.3) is 5.91 Å². The van der Waals surface area contributed by atoms with Gasteiger partial charge in [0, 0.05) is 29.2 Å². The maximum absolute atomic E-state index is 12.0. The lowest BCUT2D eigenvalue weighted by Gasteiger charge is -2.06. The molecule has 0 spiro atoms. The highest BCUT2D eigenvalue weighted by atomic mass is 16.4. The molecule has 0 aliphatic rings. The van der Waals surface area contributed by atoms with Gasteiger partial charge in [0.2, 0.25) is 0 Å². The topological polar surface area (TPSA) is 79.3 Å². The SMILES string of the molecule is Cc1cc(C(=O)Nc2ccc(/C=C/C(=O)O)cc2)ccn1. The Balaban J connectivity index is 2.06. The molecule has 2 N–H and O–H groups in total. The molecule has 0 fully saturated rings. The van der Waals surface area contributed by atoms with E-state index in [2.05, 4.69) is 10.3 Å². The quantitative estimate of drug-likeness (QED) is 0.845. The molecule has 5 heteroatoms. The van der Waals surface area contributed by atoms with Gasteiger partial charge in [-0.2, -0.15) is 0 Å². The third-order valence-corrected chi connectivity index (χ3v) is 2.75. The molecule has 1 heterocycles. The van der Waals surface area contributed by atoms with Gasteiger partial charge in [-0.1, -0.05) is 12.1 Å². The summed E-state index contributed by atoms with van der Waals surface area (Å²) in [5.74, 6) is -1.21. The number of nitrogens with zero attached hydrogens (tertiary/aromatic N) is 1. The van der Waals surface area contributed by atoms with E-state index < -0.39 is 5.97 Å². The second-order valence-electron chi connectivity index (χ2n) is 4.43. The van der Waals surface area contributed by atoms with Crippen LogP contribution in [0.25, 0.3) is 6.08 Å². The Bertz CT molecular complexity index is 691. The molecule has 2 aromatic rings. The number of carboxylic acids is 1. The Morgan fingerprint density at radius 3 is 2.52 bits per heavy atom. The number of aryl methyl sites for hydroxylation is 1. The first-order valence-electron chi connectivity index (χ1n) is 6.30. The molecule has 21 heavy (non-hydrogen) atoms. The lowest BCUT2D eigenvalue weighted by Crippen LogP contribution is -2.12. The van der Waals surface area contributed by atoms with E-state index in [0.717, 1.165) is 17.3 Å². The fourth-order valence-corrected chi connectivity index (χ4v) is 1.74. The number of nitrogens with one attached hydrogen (secondary N) is 1. The highest BCUT2D eigenvalue weighted by molar-refractivity contribution is 6.04. The Hall–Kier alpha value is -2.95. The van der Waals surface area contributed by atoms with Crippen molar-refractivity contribution in [3.05, 3.63) is 65.5 Å². The predicted molar refractivity (Wildman–Crippen MR) is 80.0 cm³/mol. The number of carbonyl (C=O) groups excluding carboxylic acids is 1. The predicted octanol–water partition coefficient (Wildman–Crippen LogP) is 2.74. The number of carbonyl (C=O) groups is 2. The average molecular weight is 282 g/mol. The monoisotopic (exact) mass is 282 g/mol. The Kier molecular flexibility index (Phi) is 4.46. The second kappa shape index (κ2) is 6.47. The van der Waals surface area contributed by atoms with Crippen molar-refractivity contribution in [3.8, 4) is 0 Å². The van der Waals surface area contributed by atoms with Crippen molar-refractivity contribution in [1.82, 2.24) is 4.98 Å². The minimum atomic E-state index is -1.000. The normalized spacial score (nSPS) is 10.5. The number of aliphatic carboxylic acids is 1. The number of benzene rings is 1. The molecule has 0 aliphatic heterocycles. The summed E-state index contributed by atoms with van der Waals surface area (Å²) >= 11 is 0.